The topological polar surface area (TPSA) is 97.8 Å². The molecule has 0 unspecified atom stereocenters. The van der Waals surface area contributed by atoms with Gasteiger partial charge in [0.05, 0.1) is 18.1 Å². The third-order valence-electron chi connectivity index (χ3n) is 3.60. The molecule has 0 spiro atoms. The Bertz CT molecular complexity index is 756. The van der Waals surface area contributed by atoms with E-state index < -0.39 is 4.92 Å². The molecule has 2 aromatic rings. The predicted octanol–water partition coefficient (Wildman–Crippen LogP) is 2.83. The van der Waals surface area contributed by atoms with E-state index in [-0.39, 0.29) is 23.7 Å². The van der Waals surface area contributed by atoms with Gasteiger partial charge in [-0.2, -0.15) is 0 Å². The number of carbonyl (C=O) groups excluding carboxylic acids is 1. The van der Waals surface area contributed by atoms with Gasteiger partial charge in [0.15, 0.2) is 0 Å². The zero-order valence-electron chi connectivity index (χ0n) is 14.4. The van der Waals surface area contributed by atoms with Crippen molar-refractivity contribution in [3.8, 4) is 0 Å². The lowest BCUT2D eigenvalue weighted by molar-refractivity contribution is -0.384. The highest BCUT2D eigenvalue weighted by Gasteiger charge is 2.20. The Morgan fingerprint density at radius 3 is 2.72 bits per heavy atom. The van der Waals surface area contributed by atoms with Crippen LogP contribution in [-0.4, -0.2) is 43.0 Å². The second-order valence-electron chi connectivity index (χ2n) is 5.58. The number of nitro benzene ring substituents is 1. The van der Waals surface area contributed by atoms with E-state index in [9.17, 15) is 14.9 Å². The molecule has 0 saturated carbocycles. The Balaban J connectivity index is 2.15. The lowest BCUT2D eigenvalue weighted by Gasteiger charge is -2.16. The van der Waals surface area contributed by atoms with Crippen LogP contribution in [0, 0.1) is 17.0 Å². The number of furan rings is 1. The van der Waals surface area contributed by atoms with Gasteiger partial charge in [-0.3, -0.25) is 14.9 Å². The van der Waals surface area contributed by atoms with Crippen molar-refractivity contribution in [3.63, 3.8) is 0 Å². The molecule has 134 valence electrons. The first kappa shape index (κ1) is 18.5. The number of ether oxygens (including phenoxy) is 1. The quantitative estimate of drug-likeness (QED) is 0.448. The van der Waals surface area contributed by atoms with Crippen molar-refractivity contribution >= 4 is 17.3 Å². The van der Waals surface area contributed by atoms with Crippen molar-refractivity contribution < 1.29 is 18.9 Å². The van der Waals surface area contributed by atoms with E-state index in [0.717, 1.165) is 5.76 Å². The summed E-state index contributed by atoms with van der Waals surface area (Å²) in [4.78, 5) is 24.8. The number of methoxy groups -OCH3 is 1. The summed E-state index contributed by atoms with van der Waals surface area (Å²) < 4.78 is 10.4. The molecule has 0 fully saturated rings. The summed E-state index contributed by atoms with van der Waals surface area (Å²) in [6.07, 6.45) is 0. The van der Waals surface area contributed by atoms with E-state index in [4.69, 9.17) is 9.15 Å². The van der Waals surface area contributed by atoms with Crippen molar-refractivity contribution in [2.24, 2.45) is 0 Å². The lowest BCUT2D eigenvalue weighted by atomic mass is 10.1. The van der Waals surface area contributed by atoms with Crippen molar-refractivity contribution in [2.45, 2.75) is 13.5 Å². The first-order valence-corrected chi connectivity index (χ1v) is 7.74. The summed E-state index contributed by atoms with van der Waals surface area (Å²) in [6.45, 7) is 2.96. The van der Waals surface area contributed by atoms with Crippen LogP contribution >= 0.6 is 0 Å². The second kappa shape index (κ2) is 8.29. The largest absolute Gasteiger partial charge is 0.464 e. The van der Waals surface area contributed by atoms with Gasteiger partial charge in [-0.15, -0.1) is 0 Å². The Morgan fingerprint density at radius 1 is 1.36 bits per heavy atom. The SMILES string of the molecule is COCCNc1ccc(C(=O)N(C)Cc2ccc(C)o2)cc1[N+](=O)[O-]. The van der Waals surface area contributed by atoms with Gasteiger partial charge in [-0.05, 0) is 31.2 Å². The molecular formula is C17H21N3O5. The van der Waals surface area contributed by atoms with Gasteiger partial charge in [0.25, 0.3) is 11.6 Å². The van der Waals surface area contributed by atoms with Gasteiger partial charge in [-0.25, -0.2) is 0 Å². The molecule has 25 heavy (non-hydrogen) atoms. The number of anilines is 1. The number of carbonyl (C=O) groups is 1. The third kappa shape index (κ3) is 4.80. The van der Waals surface area contributed by atoms with Gasteiger partial charge in [0.1, 0.15) is 17.2 Å². The van der Waals surface area contributed by atoms with E-state index in [1.807, 2.05) is 13.0 Å². The first-order chi connectivity index (χ1) is 11.9. The van der Waals surface area contributed by atoms with Crippen molar-refractivity contribution in [1.82, 2.24) is 4.90 Å². The molecule has 0 atom stereocenters. The van der Waals surface area contributed by atoms with Crippen LogP contribution in [-0.2, 0) is 11.3 Å². The molecule has 8 heteroatoms. The third-order valence-corrected chi connectivity index (χ3v) is 3.60. The molecule has 1 amide bonds. The van der Waals surface area contributed by atoms with Crippen LogP contribution in [0.2, 0.25) is 0 Å². The normalized spacial score (nSPS) is 10.5. The lowest BCUT2D eigenvalue weighted by Crippen LogP contribution is -2.26. The van der Waals surface area contributed by atoms with Crippen LogP contribution < -0.4 is 5.32 Å². The highest BCUT2D eigenvalue weighted by atomic mass is 16.6. The number of nitro groups is 1. The predicted molar refractivity (Wildman–Crippen MR) is 92.7 cm³/mol. The maximum absolute atomic E-state index is 12.5. The average molecular weight is 347 g/mol. The molecule has 1 heterocycles. The molecule has 0 radical (unpaired) electrons. The Kier molecular flexibility index (Phi) is 6.13. The highest BCUT2D eigenvalue weighted by molar-refractivity contribution is 5.95. The summed E-state index contributed by atoms with van der Waals surface area (Å²) in [5.74, 6) is 1.10. The van der Waals surface area contributed by atoms with E-state index >= 15 is 0 Å². The highest BCUT2D eigenvalue weighted by Crippen LogP contribution is 2.26. The molecule has 1 N–H and O–H groups in total. The molecule has 0 aliphatic rings. The molecule has 2 rings (SSSR count). The smallest absolute Gasteiger partial charge is 0.293 e. The maximum atomic E-state index is 12.5. The number of rotatable bonds is 8. The molecule has 1 aromatic heterocycles. The maximum Gasteiger partial charge on any atom is 0.293 e. The second-order valence-corrected chi connectivity index (χ2v) is 5.58. The van der Waals surface area contributed by atoms with E-state index in [1.165, 1.54) is 17.0 Å². The molecule has 8 nitrogen and oxygen atoms in total. The summed E-state index contributed by atoms with van der Waals surface area (Å²) >= 11 is 0. The van der Waals surface area contributed by atoms with Gasteiger partial charge in [0, 0.05) is 32.3 Å². The van der Waals surface area contributed by atoms with Crippen molar-refractivity contribution in [2.75, 3.05) is 32.6 Å². The van der Waals surface area contributed by atoms with Crippen LogP contribution in [0.5, 0.6) is 0 Å². The van der Waals surface area contributed by atoms with Gasteiger partial charge >= 0.3 is 0 Å². The van der Waals surface area contributed by atoms with Gasteiger partial charge in [0.2, 0.25) is 0 Å². The monoisotopic (exact) mass is 347 g/mol. The Hall–Kier alpha value is -2.87. The molecule has 1 aromatic carbocycles. The van der Waals surface area contributed by atoms with Gasteiger partial charge in [-0.1, -0.05) is 0 Å². The number of nitrogens with zero attached hydrogens (tertiary/aromatic N) is 2. The Labute approximate surface area is 145 Å². The average Bonchev–Trinajstić information content (AvgIpc) is 2.99. The van der Waals surface area contributed by atoms with Crippen molar-refractivity contribution in [1.29, 1.82) is 0 Å². The molecule has 0 aliphatic heterocycles. The minimum atomic E-state index is -0.512. The summed E-state index contributed by atoms with van der Waals surface area (Å²) in [6, 6.07) is 7.99. The molecule has 0 aliphatic carbocycles. The number of hydrogen-bond acceptors (Lipinski definition) is 6. The van der Waals surface area contributed by atoms with Crippen LogP contribution in [0.1, 0.15) is 21.9 Å². The van der Waals surface area contributed by atoms with Gasteiger partial charge < -0.3 is 19.4 Å². The van der Waals surface area contributed by atoms with Crippen molar-refractivity contribution in [3.05, 3.63) is 57.5 Å². The fourth-order valence-corrected chi connectivity index (χ4v) is 2.35. The van der Waals surface area contributed by atoms with E-state index in [1.54, 1.807) is 26.3 Å². The van der Waals surface area contributed by atoms with Crippen LogP contribution in [0.3, 0.4) is 0 Å². The van der Waals surface area contributed by atoms with Crippen LogP contribution in [0.25, 0.3) is 0 Å². The minimum absolute atomic E-state index is 0.149. The molecular weight excluding hydrogens is 326 g/mol. The number of amides is 1. The fraction of sp³-hybridized carbons (Fsp3) is 0.353. The van der Waals surface area contributed by atoms with E-state index in [2.05, 4.69) is 5.32 Å². The fourth-order valence-electron chi connectivity index (χ4n) is 2.35. The number of benzene rings is 1. The minimum Gasteiger partial charge on any atom is -0.464 e. The zero-order valence-corrected chi connectivity index (χ0v) is 14.4. The summed E-state index contributed by atoms with van der Waals surface area (Å²) in [5, 5.41) is 14.2. The molecule has 0 saturated heterocycles. The van der Waals surface area contributed by atoms with Crippen LogP contribution in [0.4, 0.5) is 11.4 Å². The number of hydrogen-bond donors (Lipinski definition) is 1. The summed E-state index contributed by atoms with van der Waals surface area (Å²) in [5.41, 5.74) is 0.446. The first-order valence-electron chi connectivity index (χ1n) is 7.74. The number of aryl methyl sites for hydroxylation is 1. The standard InChI is InChI=1S/C17H21N3O5/c1-12-4-6-14(25-12)11-19(2)17(21)13-5-7-15(18-8-9-24-3)16(10-13)20(22)23/h4-7,10,18H,8-9,11H2,1-3H3. The Morgan fingerprint density at radius 2 is 2.12 bits per heavy atom. The summed E-state index contributed by atoms with van der Waals surface area (Å²) in [7, 11) is 3.17. The number of nitrogens with one attached hydrogen (secondary N) is 1. The van der Waals surface area contributed by atoms with E-state index in [0.29, 0.717) is 24.6 Å². The van der Waals surface area contributed by atoms with Crippen LogP contribution in [0.15, 0.2) is 34.7 Å². The molecule has 0 bridgehead atoms. The zero-order chi connectivity index (χ0) is 18.4.